The predicted octanol–water partition coefficient (Wildman–Crippen LogP) is 0.388. The van der Waals surface area contributed by atoms with Gasteiger partial charge in [-0.1, -0.05) is 11.7 Å². The third-order valence-corrected chi connectivity index (χ3v) is 1.82. The molecule has 17 heavy (non-hydrogen) atoms. The first-order valence-corrected chi connectivity index (χ1v) is 4.65. The molecule has 0 amide bonds. The Hall–Kier alpha value is -2.17. The molecule has 0 bridgehead atoms. The summed E-state index contributed by atoms with van der Waals surface area (Å²) in [4.78, 5) is 15.1. The van der Waals surface area contributed by atoms with Crippen molar-refractivity contribution in [2.45, 2.75) is 6.42 Å². The van der Waals surface area contributed by atoms with Gasteiger partial charge in [0.15, 0.2) is 0 Å². The Morgan fingerprint density at radius 1 is 1.59 bits per heavy atom. The fourth-order valence-corrected chi connectivity index (χ4v) is 1.09. The van der Waals surface area contributed by atoms with E-state index < -0.39 is 11.8 Å². The van der Waals surface area contributed by atoms with Crippen LogP contribution in [-0.2, 0) is 9.63 Å². The van der Waals surface area contributed by atoms with Gasteiger partial charge in [0.2, 0.25) is 0 Å². The van der Waals surface area contributed by atoms with Crippen LogP contribution in [0, 0.1) is 17.1 Å². The number of nitrogens with one attached hydrogen (secondary N) is 1. The van der Waals surface area contributed by atoms with Crippen molar-refractivity contribution in [1.82, 2.24) is 5.59 Å². The van der Waals surface area contributed by atoms with Crippen LogP contribution in [0.15, 0.2) is 18.2 Å². The Bertz CT molecular complexity index is 445. The van der Waals surface area contributed by atoms with Gasteiger partial charge in [-0.25, -0.2) is 10.2 Å². The Balaban J connectivity index is 2.56. The fourth-order valence-electron chi connectivity index (χ4n) is 1.09. The van der Waals surface area contributed by atoms with Gasteiger partial charge in [0, 0.05) is 0 Å². The van der Waals surface area contributed by atoms with Gasteiger partial charge in [-0.3, -0.25) is 4.79 Å². The molecule has 1 rings (SSSR count). The average Bonchev–Trinajstić information content (AvgIpc) is 2.29. The topological polar surface area (TPSA) is 97.4 Å². The first kappa shape index (κ1) is 12.9. The van der Waals surface area contributed by atoms with E-state index in [9.17, 15) is 9.18 Å². The fraction of sp³-hybridized carbons (Fsp3) is 0.200. The average molecular weight is 239 g/mol. The lowest BCUT2D eigenvalue weighted by Crippen LogP contribution is -2.27. The van der Waals surface area contributed by atoms with Crippen molar-refractivity contribution >= 4 is 5.97 Å². The second kappa shape index (κ2) is 6.42. The summed E-state index contributed by atoms with van der Waals surface area (Å²) in [5.41, 5.74) is 1.53. The molecule has 0 aromatic heterocycles. The van der Waals surface area contributed by atoms with Crippen molar-refractivity contribution in [2.75, 3.05) is 6.61 Å². The molecule has 90 valence electrons. The van der Waals surface area contributed by atoms with Crippen LogP contribution in [0.2, 0.25) is 0 Å². The Morgan fingerprint density at radius 3 is 3.00 bits per heavy atom. The summed E-state index contributed by atoms with van der Waals surface area (Å²) in [5.74, 6) is 3.54. The minimum atomic E-state index is -0.670. The summed E-state index contributed by atoms with van der Waals surface area (Å²) in [5, 5.41) is 8.70. The van der Waals surface area contributed by atoms with E-state index in [4.69, 9.17) is 15.8 Å². The highest BCUT2D eigenvalue weighted by atomic mass is 19.1. The number of hydrazine groups is 1. The smallest absolute Gasteiger partial charge is 0.329 e. The van der Waals surface area contributed by atoms with E-state index in [0.717, 1.165) is 6.07 Å². The van der Waals surface area contributed by atoms with Gasteiger partial charge >= 0.3 is 5.97 Å². The number of nitrogens with two attached hydrogens (primary N) is 1. The minimum Gasteiger partial charge on any atom is -0.491 e. The first-order chi connectivity index (χ1) is 8.19. The van der Waals surface area contributed by atoms with Gasteiger partial charge < -0.3 is 9.57 Å². The van der Waals surface area contributed by atoms with Gasteiger partial charge in [-0.05, 0) is 12.1 Å². The normalized spacial score (nSPS) is 9.47. The zero-order valence-corrected chi connectivity index (χ0v) is 8.77. The van der Waals surface area contributed by atoms with E-state index in [1.54, 1.807) is 11.7 Å². The molecule has 7 heteroatoms. The number of halogens is 1. The zero-order valence-electron chi connectivity index (χ0n) is 8.77. The molecule has 3 N–H and O–H groups in total. The highest BCUT2D eigenvalue weighted by molar-refractivity contribution is 5.69. The lowest BCUT2D eigenvalue weighted by Gasteiger charge is -2.07. The molecule has 0 atom stereocenters. The molecule has 0 spiro atoms. The number of carbonyl (C=O) groups excluding carboxylic acids is 1. The third kappa shape index (κ3) is 3.71. The molecule has 0 aliphatic carbocycles. The second-order valence-corrected chi connectivity index (χ2v) is 2.92. The van der Waals surface area contributed by atoms with E-state index in [-0.39, 0.29) is 24.3 Å². The molecule has 0 aliphatic rings. The number of rotatable bonds is 5. The van der Waals surface area contributed by atoms with Crippen LogP contribution in [-0.4, -0.2) is 12.6 Å². The van der Waals surface area contributed by atoms with Crippen LogP contribution in [0.4, 0.5) is 4.39 Å². The van der Waals surface area contributed by atoms with Gasteiger partial charge in [0.1, 0.15) is 23.2 Å². The van der Waals surface area contributed by atoms with Crippen molar-refractivity contribution in [3.05, 3.63) is 29.6 Å². The highest BCUT2D eigenvalue weighted by Gasteiger charge is 2.09. The van der Waals surface area contributed by atoms with Crippen LogP contribution < -0.4 is 16.2 Å². The molecule has 0 unspecified atom stereocenters. The van der Waals surface area contributed by atoms with E-state index in [1.807, 2.05) is 0 Å². The van der Waals surface area contributed by atoms with Crippen molar-refractivity contribution in [3.8, 4) is 11.8 Å². The van der Waals surface area contributed by atoms with E-state index in [1.165, 1.54) is 12.1 Å². The second-order valence-electron chi connectivity index (χ2n) is 2.92. The third-order valence-electron chi connectivity index (χ3n) is 1.82. The maximum absolute atomic E-state index is 13.1. The molecule has 0 heterocycles. The van der Waals surface area contributed by atoms with Gasteiger partial charge in [0.05, 0.1) is 13.0 Å². The molecule has 1 aromatic rings. The van der Waals surface area contributed by atoms with E-state index in [2.05, 4.69) is 4.84 Å². The van der Waals surface area contributed by atoms with Crippen molar-refractivity contribution in [1.29, 1.82) is 5.26 Å². The zero-order chi connectivity index (χ0) is 12.7. The van der Waals surface area contributed by atoms with Gasteiger partial charge in [-0.2, -0.15) is 5.26 Å². The quantitative estimate of drug-likeness (QED) is 0.569. The maximum Gasteiger partial charge on any atom is 0.329 e. The summed E-state index contributed by atoms with van der Waals surface area (Å²) >= 11 is 0. The van der Waals surface area contributed by atoms with Crippen LogP contribution in [0.1, 0.15) is 12.0 Å². The lowest BCUT2D eigenvalue weighted by atomic mass is 10.2. The van der Waals surface area contributed by atoms with Crippen molar-refractivity contribution in [3.63, 3.8) is 0 Å². The molecule has 0 aliphatic heterocycles. The minimum absolute atomic E-state index is 0.0430. The Kier molecular flexibility index (Phi) is 4.87. The van der Waals surface area contributed by atoms with Crippen molar-refractivity contribution in [2.24, 2.45) is 5.84 Å². The number of ether oxygens (including phenoxy) is 1. The monoisotopic (exact) mass is 239 g/mol. The van der Waals surface area contributed by atoms with Crippen molar-refractivity contribution < 1.29 is 18.8 Å². The highest BCUT2D eigenvalue weighted by Crippen LogP contribution is 2.20. The molecule has 0 saturated carbocycles. The Morgan fingerprint density at radius 2 is 2.35 bits per heavy atom. The Labute approximate surface area is 96.7 Å². The molecule has 1 aromatic carbocycles. The molecule has 0 radical (unpaired) electrons. The van der Waals surface area contributed by atoms with E-state index >= 15 is 0 Å². The standard InChI is InChI=1S/C10H10FN3O3/c11-8-2-1-3-9(7(8)6-12)16-5-4-10(15)17-14-13/h1-3,14H,4-5,13H2. The number of nitriles is 1. The molecular formula is C10H10FN3O3. The molecule has 0 saturated heterocycles. The lowest BCUT2D eigenvalue weighted by molar-refractivity contribution is -0.151. The molecular weight excluding hydrogens is 229 g/mol. The number of carbonyl (C=O) groups is 1. The summed E-state index contributed by atoms with van der Waals surface area (Å²) in [6.07, 6.45) is -0.0778. The molecule has 0 fully saturated rings. The van der Waals surface area contributed by atoms with Crippen LogP contribution >= 0.6 is 0 Å². The summed E-state index contributed by atoms with van der Waals surface area (Å²) in [6.45, 7) is -0.0430. The van der Waals surface area contributed by atoms with E-state index in [0.29, 0.717) is 0 Å². The predicted molar refractivity (Wildman–Crippen MR) is 54.6 cm³/mol. The van der Waals surface area contributed by atoms with Crippen LogP contribution in [0.3, 0.4) is 0 Å². The van der Waals surface area contributed by atoms with Gasteiger partial charge in [0.25, 0.3) is 0 Å². The summed E-state index contributed by atoms with van der Waals surface area (Å²) < 4.78 is 18.2. The largest absolute Gasteiger partial charge is 0.491 e. The summed E-state index contributed by atoms with van der Waals surface area (Å²) in [7, 11) is 0. The SMILES string of the molecule is N#Cc1c(F)cccc1OCCC(=O)ONN. The molecule has 6 nitrogen and oxygen atoms in total. The van der Waals surface area contributed by atoms with Gasteiger partial charge in [-0.15, -0.1) is 0 Å². The number of hydrogen-bond acceptors (Lipinski definition) is 6. The number of hydrogen-bond donors (Lipinski definition) is 2. The number of nitrogens with zero attached hydrogens (tertiary/aromatic N) is 1. The number of benzene rings is 1. The first-order valence-electron chi connectivity index (χ1n) is 4.65. The summed E-state index contributed by atoms with van der Waals surface area (Å²) in [6, 6.07) is 5.68. The van der Waals surface area contributed by atoms with Crippen LogP contribution in [0.5, 0.6) is 5.75 Å². The van der Waals surface area contributed by atoms with Crippen LogP contribution in [0.25, 0.3) is 0 Å². The maximum atomic E-state index is 13.1.